The van der Waals surface area contributed by atoms with Gasteiger partial charge in [-0.1, -0.05) is 41.0 Å². The topological polar surface area (TPSA) is 26.3 Å². The van der Waals surface area contributed by atoms with Gasteiger partial charge < -0.3 is 4.74 Å². The molecular weight excluding hydrogens is 164 g/mol. The molecule has 0 spiro atoms. The van der Waals surface area contributed by atoms with Gasteiger partial charge in [-0.3, -0.25) is 4.79 Å². The molecule has 0 aromatic carbocycles. The molecule has 13 heavy (non-hydrogen) atoms. The van der Waals surface area contributed by atoms with Crippen molar-refractivity contribution in [1.29, 1.82) is 0 Å². The first kappa shape index (κ1) is 15.0. The number of ether oxygens (including phenoxy) is 1. The van der Waals surface area contributed by atoms with E-state index in [0.29, 0.717) is 6.61 Å². The molecule has 1 heterocycles. The Labute approximate surface area is 82.7 Å². The van der Waals surface area contributed by atoms with Crippen LogP contribution in [0, 0.1) is 5.92 Å². The highest BCUT2D eigenvalue weighted by atomic mass is 16.5. The molecule has 0 aromatic rings. The molecule has 2 nitrogen and oxygen atoms in total. The minimum absolute atomic E-state index is 0.0110. The lowest BCUT2D eigenvalue weighted by atomic mass is 10.0. The number of hydrogen-bond donors (Lipinski definition) is 0. The second-order valence-electron chi connectivity index (χ2n) is 2.44. The first-order valence-electron chi connectivity index (χ1n) is 5.51. The quantitative estimate of drug-likeness (QED) is 0.621. The van der Waals surface area contributed by atoms with Gasteiger partial charge in [0.05, 0.1) is 12.5 Å². The molecule has 1 unspecified atom stereocenters. The van der Waals surface area contributed by atoms with Crippen molar-refractivity contribution >= 4 is 5.97 Å². The van der Waals surface area contributed by atoms with Crippen LogP contribution in [0.3, 0.4) is 0 Å². The van der Waals surface area contributed by atoms with Gasteiger partial charge in [-0.05, 0) is 12.8 Å². The van der Waals surface area contributed by atoms with Gasteiger partial charge in [0.25, 0.3) is 0 Å². The summed E-state index contributed by atoms with van der Waals surface area (Å²) in [5.41, 5.74) is 0. The first-order chi connectivity index (χ1) is 6.34. The average molecular weight is 188 g/mol. The van der Waals surface area contributed by atoms with Gasteiger partial charge in [-0.2, -0.15) is 0 Å². The van der Waals surface area contributed by atoms with Crippen molar-refractivity contribution in [2.24, 2.45) is 5.92 Å². The molecule has 80 valence electrons. The van der Waals surface area contributed by atoms with Crippen LogP contribution in [0.25, 0.3) is 0 Å². The van der Waals surface area contributed by atoms with Gasteiger partial charge in [0.1, 0.15) is 0 Å². The van der Waals surface area contributed by atoms with Crippen LogP contribution in [0.1, 0.15) is 53.9 Å². The van der Waals surface area contributed by atoms with Crippen LogP contribution >= 0.6 is 0 Å². The molecule has 0 amide bonds. The zero-order valence-corrected chi connectivity index (χ0v) is 9.72. The molecule has 0 bridgehead atoms. The zero-order valence-electron chi connectivity index (χ0n) is 9.72. The molecule has 0 N–H and O–H groups in total. The average Bonchev–Trinajstić information content (AvgIpc) is 2.60. The van der Waals surface area contributed by atoms with Crippen molar-refractivity contribution < 1.29 is 9.53 Å². The number of carbonyl (C=O) groups is 1. The van der Waals surface area contributed by atoms with Crippen LogP contribution in [-0.2, 0) is 9.53 Å². The molecule has 2 heteroatoms. The van der Waals surface area contributed by atoms with E-state index in [-0.39, 0.29) is 11.9 Å². The maximum absolute atomic E-state index is 10.7. The second-order valence-corrected chi connectivity index (χ2v) is 2.44. The zero-order chi connectivity index (χ0) is 10.7. The standard InChI is InChI=1S/C7H12O2.2C2H6/c1-2-3-6-4-5-9-7(6)8;2*1-2/h6H,2-5H2,1H3;2*1-2H3. The van der Waals surface area contributed by atoms with Crippen molar-refractivity contribution in [1.82, 2.24) is 0 Å². The van der Waals surface area contributed by atoms with Gasteiger partial charge in [-0.25, -0.2) is 0 Å². The first-order valence-corrected chi connectivity index (χ1v) is 5.51. The molecular formula is C11H24O2. The lowest BCUT2D eigenvalue weighted by Gasteiger charge is -1.99. The van der Waals surface area contributed by atoms with E-state index in [9.17, 15) is 4.79 Å². The second kappa shape index (κ2) is 11.5. The van der Waals surface area contributed by atoms with Crippen LogP contribution < -0.4 is 0 Å². The van der Waals surface area contributed by atoms with E-state index in [2.05, 4.69) is 6.92 Å². The Kier molecular flexibility index (Phi) is 13.2. The van der Waals surface area contributed by atoms with Crippen LogP contribution in [0.15, 0.2) is 0 Å². The maximum atomic E-state index is 10.7. The van der Waals surface area contributed by atoms with E-state index in [0.717, 1.165) is 19.3 Å². The van der Waals surface area contributed by atoms with Crippen molar-refractivity contribution in [3.63, 3.8) is 0 Å². The third-order valence-corrected chi connectivity index (χ3v) is 1.68. The fraction of sp³-hybridized carbons (Fsp3) is 0.909. The summed E-state index contributed by atoms with van der Waals surface area (Å²) in [6.45, 7) is 10.7. The smallest absolute Gasteiger partial charge is 0.309 e. The minimum atomic E-state index is 0.0110. The van der Waals surface area contributed by atoms with Crippen molar-refractivity contribution in [2.75, 3.05) is 6.61 Å². The van der Waals surface area contributed by atoms with Crippen molar-refractivity contribution in [2.45, 2.75) is 53.9 Å². The van der Waals surface area contributed by atoms with Gasteiger partial charge in [-0.15, -0.1) is 0 Å². The highest BCUT2D eigenvalue weighted by Gasteiger charge is 2.24. The number of rotatable bonds is 2. The van der Waals surface area contributed by atoms with E-state index >= 15 is 0 Å². The Morgan fingerprint density at radius 2 is 1.85 bits per heavy atom. The lowest BCUT2D eigenvalue weighted by molar-refractivity contribution is -0.141. The lowest BCUT2D eigenvalue weighted by Crippen LogP contribution is -2.06. The third kappa shape index (κ3) is 6.62. The number of esters is 1. The molecule has 1 aliphatic heterocycles. The minimum Gasteiger partial charge on any atom is -0.465 e. The predicted octanol–water partition coefficient (Wildman–Crippen LogP) is 3.40. The molecule has 0 aromatic heterocycles. The van der Waals surface area contributed by atoms with Crippen molar-refractivity contribution in [3.8, 4) is 0 Å². The molecule has 0 aliphatic carbocycles. The van der Waals surface area contributed by atoms with Gasteiger partial charge in [0.2, 0.25) is 0 Å². The summed E-state index contributed by atoms with van der Waals surface area (Å²) in [5.74, 6) is 0.229. The summed E-state index contributed by atoms with van der Waals surface area (Å²) in [5, 5.41) is 0. The SMILES string of the molecule is CC.CC.CCCC1CCOC1=O. The fourth-order valence-electron chi connectivity index (χ4n) is 1.15. The molecule has 1 fully saturated rings. The van der Waals surface area contributed by atoms with Crippen LogP contribution in [0.4, 0.5) is 0 Å². The molecule has 1 atom stereocenters. The summed E-state index contributed by atoms with van der Waals surface area (Å²) < 4.78 is 4.78. The van der Waals surface area contributed by atoms with Crippen LogP contribution in [0.2, 0.25) is 0 Å². The van der Waals surface area contributed by atoms with Gasteiger partial charge >= 0.3 is 5.97 Å². The monoisotopic (exact) mass is 188 g/mol. The number of cyclic esters (lactones) is 1. The van der Waals surface area contributed by atoms with Gasteiger partial charge in [0.15, 0.2) is 0 Å². The molecule has 0 radical (unpaired) electrons. The summed E-state index contributed by atoms with van der Waals surface area (Å²) in [4.78, 5) is 10.7. The Hall–Kier alpha value is -0.530. The highest BCUT2D eigenvalue weighted by Crippen LogP contribution is 2.18. The molecule has 0 saturated carbocycles. The number of hydrogen-bond acceptors (Lipinski definition) is 2. The largest absolute Gasteiger partial charge is 0.465 e. The summed E-state index contributed by atoms with van der Waals surface area (Å²) in [7, 11) is 0. The van der Waals surface area contributed by atoms with E-state index in [1.165, 1.54) is 0 Å². The summed E-state index contributed by atoms with van der Waals surface area (Å²) in [6.07, 6.45) is 3.02. The maximum Gasteiger partial charge on any atom is 0.309 e. The Bertz CT molecular complexity index is 111. The Morgan fingerprint density at radius 1 is 1.31 bits per heavy atom. The summed E-state index contributed by atoms with van der Waals surface area (Å²) >= 11 is 0. The Morgan fingerprint density at radius 3 is 2.15 bits per heavy atom. The highest BCUT2D eigenvalue weighted by molar-refractivity contribution is 5.73. The van der Waals surface area contributed by atoms with E-state index in [1.54, 1.807) is 0 Å². The van der Waals surface area contributed by atoms with Crippen LogP contribution in [0.5, 0.6) is 0 Å². The molecule has 1 aliphatic rings. The normalized spacial score (nSPS) is 19.2. The van der Waals surface area contributed by atoms with Crippen LogP contribution in [-0.4, -0.2) is 12.6 Å². The van der Waals surface area contributed by atoms with E-state index in [1.807, 2.05) is 27.7 Å². The van der Waals surface area contributed by atoms with Gasteiger partial charge in [0, 0.05) is 0 Å². The summed E-state index contributed by atoms with van der Waals surface area (Å²) in [6, 6.07) is 0. The van der Waals surface area contributed by atoms with Crippen molar-refractivity contribution in [3.05, 3.63) is 0 Å². The predicted molar refractivity (Wildman–Crippen MR) is 56.7 cm³/mol. The fourth-order valence-corrected chi connectivity index (χ4v) is 1.15. The van der Waals surface area contributed by atoms with E-state index < -0.39 is 0 Å². The molecule has 1 rings (SSSR count). The third-order valence-electron chi connectivity index (χ3n) is 1.68. The Balaban J connectivity index is 0. The van der Waals surface area contributed by atoms with E-state index in [4.69, 9.17) is 4.74 Å². The number of carbonyl (C=O) groups excluding carboxylic acids is 1. The molecule has 1 saturated heterocycles.